The Labute approximate surface area is 102 Å². The van der Waals surface area contributed by atoms with Crippen LogP contribution in [0.1, 0.15) is 16.9 Å². The van der Waals surface area contributed by atoms with Crippen LogP contribution in [0.15, 0.2) is 12.5 Å². The highest BCUT2D eigenvalue weighted by Gasteiger charge is 2.35. The van der Waals surface area contributed by atoms with Gasteiger partial charge in [0, 0.05) is 13.1 Å². The number of hydrogen-bond donors (Lipinski definition) is 3. The summed E-state index contributed by atoms with van der Waals surface area (Å²) >= 11 is 0. The molecule has 0 bridgehead atoms. The first-order valence-electron chi connectivity index (χ1n) is 5.38. The smallest absolute Gasteiger partial charge is 0.305 e. The van der Waals surface area contributed by atoms with Crippen LogP contribution in [0.2, 0.25) is 0 Å². The number of aliphatic carboxylic acids is 1. The molecule has 1 aromatic heterocycles. The van der Waals surface area contributed by atoms with E-state index in [1.165, 1.54) is 17.4 Å². The molecule has 3 N–H and O–H groups in total. The SMILES string of the molecule is O=C(O)CC1C(=O)NCCN1C(=O)c1cnc[nH]1. The zero-order chi connectivity index (χ0) is 13.1. The van der Waals surface area contributed by atoms with Crippen molar-refractivity contribution in [3.63, 3.8) is 0 Å². The van der Waals surface area contributed by atoms with Gasteiger partial charge in [-0.1, -0.05) is 0 Å². The lowest BCUT2D eigenvalue weighted by molar-refractivity contribution is -0.142. The highest BCUT2D eigenvalue weighted by Crippen LogP contribution is 2.12. The van der Waals surface area contributed by atoms with Crippen LogP contribution < -0.4 is 5.32 Å². The Morgan fingerprint density at radius 3 is 2.94 bits per heavy atom. The molecule has 0 aromatic carbocycles. The first-order valence-corrected chi connectivity index (χ1v) is 5.38. The van der Waals surface area contributed by atoms with Crippen LogP contribution in [0.3, 0.4) is 0 Å². The van der Waals surface area contributed by atoms with Crippen LogP contribution in [0.25, 0.3) is 0 Å². The predicted molar refractivity (Wildman–Crippen MR) is 58.7 cm³/mol. The third kappa shape index (κ3) is 2.31. The van der Waals surface area contributed by atoms with Gasteiger partial charge in [0.1, 0.15) is 11.7 Å². The Kier molecular flexibility index (Phi) is 3.26. The molecule has 8 nitrogen and oxygen atoms in total. The van der Waals surface area contributed by atoms with E-state index in [4.69, 9.17) is 5.11 Å². The van der Waals surface area contributed by atoms with Gasteiger partial charge in [-0.25, -0.2) is 4.98 Å². The number of rotatable bonds is 3. The zero-order valence-corrected chi connectivity index (χ0v) is 9.42. The van der Waals surface area contributed by atoms with E-state index in [9.17, 15) is 14.4 Å². The van der Waals surface area contributed by atoms with Crippen molar-refractivity contribution in [2.24, 2.45) is 0 Å². The van der Waals surface area contributed by atoms with E-state index in [1.54, 1.807) is 0 Å². The standard InChI is InChI=1S/C10H12N4O4/c15-8(16)3-7-9(17)12-1-2-14(7)10(18)6-4-11-5-13-6/h4-5,7H,1-3H2,(H,11,13)(H,12,17)(H,15,16). The fourth-order valence-corrected chi connectivity index (χ4v) is 1.85. The van der Waals surface area contributed by atoms with E-state index >= 15 is 0 Å². The van der Waals surface area contributed by atoms with E-state index in [0.717, 1.165) is 0 Å². The van der Waals surface area contributed by atoms with Gasteiger partial charge in [0.05, 0.1) is 18.9 Å². The summed E-state index contributed by atoms with van der Waals surface area (Å²) in [5, 5.41) is 11.3. The summed E-state index contributed by atoms with van der Waals surface area (Å²) < 4.78 is 0. The van der Waals surface area contributed by atoms with Crippen molar-refractivity contribution >= 4 is 17.8 Å². The van der Waals surface area contributed by atoms with Crippen LogP contribution in [0.5, 0.6) is 0 Å². The van der Waals surface area contributed by atoms with Crippen molar-refractivity contribution in [2.45, 2.75) is 12.5 Å². The monoisotopic (exact) mass is 252 g/mol. The Morgan fingerprint density at radius 1 is 1.56 bits per heavy atom. The predicted octanol–water partition coefficient (Wildman–Crippen LogP) is -1.17. The van der Waals surface area contributed by atoms with Crippen molar-refractivity contribution in [3.05, 3.63) is 18.2 Å². The van der Waals surface area contributed by atoms with Crippen molar-refractivity contribution in [3.8, 4) is 0 Å². The minimum absolute atomic E-state index is 0.236. The minimum Gasteiger partial charge on any atom is -0.481 e. The highest BCUT2D eigenvalue weighted by atomic mass is 16.4. The largest absolute Gasteiger partial charge is 0.481 e. The van der Waals surface area contributed by atoms with Crippen molar-refractivity contribution < 1.29 is 19.5 Å². The maximum atomic E-state index is 12.1. The lowest BCUT2D eigenvalue weighted by atomic mass is 10.1. The van der Waals surface area contributed by atoms with Crippen LogP contribution in [-0.2, 0) is 9.59 Å². The average Bonchev–Trinajstić information content (AvgIpc) is 2.84. The van der Waals surface area contributed by atoms with E-state index in [-0.39, 0.29) is 12.2 Å². The van der Waals surface area contributed by atoms with Gasteiger partial charge in [0.2, 0.25) is 5.91 Å². The fraction of sp³-hybridized carbons (Fsp3) is 0.400. The Morgan fingerprint density at radius 2 is 2.33 bits per heavy atom. The van der Waals surface area contributed by atoms with Crippen molar-refractivity contribution in [1.29, 1.82) is 0 Å². The van der Waals surface area contributed by atoms with E-state index < -0.39 is 30.2 Å². The molecule has 2 amide bonds. The van der Waals surface area contributed by atoms with Gasteiger partial charge >= 0.3 is 5.97 Å². The quantitative estimate of drug-likeness (QED) is 0.626. The van der Waals surface area contributed by atoms with Crippen LogP contribution in [0.4, 0.5) is 0 Å². The number of amides is 2. The third-order valence-electron chi connectivity index (χ3n) is 2.69. The number of carboxylic acid groups (broad SMARTS) is 1. The third-order valence-corrected chi connectivity index (χ3v) is 2.69. The van der Waals surface area contributed by atoms with Crippen LogP contribution in [0, 0.1) is 0 Å². The molecule has 0 spiro atoms. The first kappa shape index (κ1) is 12.1. The molecule has 1 fully saturated rings. The molecule has 1 aliphatic rings. The van der Waals surface area contributed by atoms with Crippen LogP contribution in [-0.4, -0.2) is 56.9 Å². The molecule has 0 saturated carbocycles. The topological polar surface area (TPSA) is 115 Å². The molecule has 2 heterocycles. The number of piperazine rings is 1. The maximum Gasteiger partial charge on any atom is 0.305 e. The van der Waals surface area contributed by atoms with Gasteiger partial charge in [-0.2, -0.15) is 0 Å². The molecule has 8 heteroatoms. The molecule has 1 unspecified atom stereocenters. The number of imidazole rings is 1. The second kappa shape index (κ2) is 4.86. The summed E-state index contributed by atoms with van der Waals surface area (Å²) in [6.45, 7) is 0.594. The molecular formula is C10H12N4O4. The number of nitrogens with zero attached hydrogens (tertiary/aromatic N) is 2. The summed E-state index contributed by atoms with van der Waals surface area (Å²) in [4.78, 5) is 42.0. The fourth-order valence-electron chi connectivity index (χ4n) is 1.85. The lowest BCUT2D eigenvalue weighted by Gasteiger charge is -2.33. The Bertz CT molecular complexity index is 470. The Hall–Kier alpha value is -2.38. The molecule has 0 radical (unpaired) electrons. The highest BCUT2D eigenvalue weighted by molar-refractivity contribution is 5.97. The molecule has 1 aromatic rings. The number of aromatic amines is 1. The molecule has 1 saturated heterocycles. The summed E-state index contributed by atoms with van der Waals surface area (Å²) in [7, 11) is 0. The van der Waals surface area contributed by atoms with E-state index in [2.05, 4.69) is 15.3 Å². The molecular weight excluding hydrogens is 240 g/mol. The molecule has 96 valence electrons. The van der Waals surface area contributed by atoms with Gasteiger partial charge in [-0.15, -0.1) is 0 Å². The van der Waals surface area contributed by atoms with Gasteiger partial charge in [-0.3, -0.25) is 14.4 Å². The molecule has 0 aliphatic carbocycles. The van der Waals surface area contributed by atoms with Crippen molar-refractivity contribution in [1.82, 2.24) is 20.2 Å². The van der Waals surface area contributed by atoms with Gasteiger partial charge in [0.25, 0.3) is 5.91 Å². The minimum atomic E-state index is -1.13. The number of hydrogen-bond acceptors (Lipinski definition) is 4. The number of aromatic nitrogens is 2. The van der Waals surface area contributed by atoms with Crippen molar-refractivity contribution in [2.75, 3.05) is 13.1 Å². The Balaban J connectivity index is 2.20. The van der Waals surface area contributed by atoms with Gasteiger partial charge in [-0.05, 0) is 0 Å². The summed E-state index contributed by atoms with van der Waals surface area (Å²) in [6, 6.07) is -0.980. The summed E-state index contributed by atoms with van der Waals surface area (Å²) in [5.41, 5.74) is 0.236. The number of nitrogens with one attached hydrogen (secondary N) is 2. The van der Waals surface area contributed by atoms with E-state index in [1.807, 2.05) is 0 Å². The lowest BCUT2D eigenvalue weighted by Crippen LogP contribution is -2.57. The van der Waals surface area contributed by atoms with Gasteiger partial charge < -0.3 is 20.3 Å². The van der Waals surface area contributed by atoms with E-state index in [0.29, 0.717) is 6.54 Å². The van der Waals surface area contributed by atoms with Gasteiger partial charge in [0.15, 0.2) is 0 Å². The summed E-state index contributed by atoms with van der Waals surface area (Å²) in [5.74, 6) is -2.00. The number of carbonyl (C=O) groups excluding carboxylic acids is 2. The first-order chi connectivity index (χ1) is 8.59. The van der Waals surface area contributed by atoms with Crippen LogP contribution >= 0.6 is 0 Å². The second-order valence-electron chi connectivity index (χ2n) is 3.87. The number of H-pyrrole nitrogens is 1. The molecule has 1 atom stereocenters. The molecule has 2 rings (SSSR count). The zero-order valence-electron chi connectivity index (χ0n) is 9.42. The summed E-state index contributed by atoms with van der Waals surface area (Å²) in [6.07, 6.45) is 2.28. The normalized spacial score (nSPS) is 19.4. The number of carboxylic acids is 1. The molecule has 1 aliphatic heterocycles. The average molecular weight is 252 g/mol. The molecule has 18 heavy (non-hydrogen) atoms. The number of carbonyl (C=O) groups is 3. The maximum absolute atomic E-state index is 12.1. The second-order valence-corrected chi connectivity index (χ2v) is 3.87.